The molecule has 1 aromatic carbocycles. The van der Waals surface area contributed by atoms with Crippen LogP contribution in [0.1, 0.15) is 35.8 Å². The van der Waals surface area contributed by atoms with E-state index in [9.17, 15) is 9.50 Å². The van der Waals surface area contributed by atoms with Gasteiger partial charge >= 0.3 is 0 Å². The van der Waals surface area contributed by atoms with Gasteiger partial charge in [-0.05, 0) is 18.9 Å². The number of ether oxygens (including phenoxy) is 1. The summed E-state index contributed by atoms with van der Waals surface area (Å²) in [5.74, 6) is -0.271. The monoisotopic (exact) mass is 345 g/mol. The fourth-order valence-corrected chi connectivity index (χ4v) is 3.48. The summed E-state index contributed by atoms with van der Waals surface area (Å²) in [5.41, 5.74) is 3.02. The zero-order valence-electron chi connectivity index (χ0n) is 14.3. The number of hydrogen-bond acceptors (Lipinski definition) is 4. The lowest BCUT2D eigenvalue weighted by Gasteiger charge is -2.28. The first-order chi connectivity index (χ1) is 12.2. The molecule has 134 valence electrons. The van der Waals surface area contributed by atoms with Gasteiger partial charge in [0.1, 0.15) is 5.82 Å². The van der Waals surface area contributed by atoms with Gasteiger partial charge in [-0.2, -0.15) is 0 Å². The maximum absolute atomic E-state index is 13.5. The third kappa shape index (κ3) is 3.92. The molecule has 0 saturated heterocycles. The Labute approximate surface area is 147 Å². The van der Waals surface area contributed by atoms with Crippen LogP contribution in [0.5, 0.6) is 0 Å². The molecule has 25 heavy (non-hydrogen) atoms. The number of halogens is 1. The topological polar surface area (TPSA) is 50.5 Å². The van der Waals surface area contributed by atoms with Crippen molar-refractivity contribution in [1.29, 1.82) is 0 Å². The highest BCUT2D eigenvalue weighted by molar-refractivity contribution is 5.19. The first-order valence-corrected chi connectivity index (χ1v) is 8.97. The Balaban J connectivity index is 1.24. The van der Waals surface area contributed by atoms with Crippen LogP contribution in [0.25, 0.3) is 0 Å². The van der Waals surface area contributed by atoms with E-state index < -0.39 is 6.10 Å². The van der Waals surface area contributed by atoms with E-state index in [-0.39, 0.29) is 19.0 Å². The summed E-state index contributed by atoms with van der Waals surface area (Å²) in [6, 6.07) is 7.22. The molecule has 2 aromatic rings. The van der Waals surface area contributed by atoms with Crippen LogP contribution in [-0.2, 0) is 24.3 Å². The highest BCUT2D eigenvalue weighted by Gasteiger charge is 2.29. The Morgan fingerprint density at radius 2 is 2.16 bits per heavy atom. The molecule has 1 fully saturated rings. The Hall–Kier alpha value is -1.76. The minimum Gasteiger partial charge on any atom is -0.389 e. The van der Waals surface area contributed by atoms with E-state index in [0.717, 1.165) is 25.2 Å². The summed E-state index contributed by atoms with van der Waals surface area (Å²) in [4.78, 5) is 6.77. The van der Waals surface area contributed by atoms with Gasteiger partial charge in [-0.1, -0.05) is 18.2 Å². The lowest BCUT2D eigenvalue weighted by Crippen LogP contribution is -2.38. The molecule has 0 radical (unpaired) electrons. The summed E-state index contributed by atoms with van der Waals surface area (Å²) < 4.78 is 21.3. The Morgan fingerprint density at radius 3 is 2.96 bits per heavy atom. The molecule has 2 aliphatic rings. The Morgan fingerprint density at radius 1 is 1.32 bits per heavy atom. The van der Waals surface area contributed by atoms with Gasteiger partial charge in [0.25, 0.3) is 0 Å². The van der Waals surface area contributed by atoms with Gasteiger partial charge in [0, 0.05) is 43.4 Å². The first kappa shape index (κ1) is 16.7. The molecule has 0 amide bonds. The summed E-state index contributed by atoms with van der Waals surface area (Å²) in [7, 11) is 0. The van der Waals surface area contributed by atoms with Gasteiger partial charge in [0.05, 0.1) is 31.3 Å². The molecule has 1 N–H and O–H groups in total. The fraction of sp³-hybridized carbons (Fsp3) is 0.526. The van der Waals surface area contributed by atoms with E-state index >= 15 is 0 Å². The SMILES string of the molecule is OC(COCc1ccccc1F)CN1CCc2c(ncn2C2CC2)C1. The number of aliphatic hydroxyl groups is 1. The summed E-state index contributed by atoms with van der Waals surface area (Å²) in [6.45, 7) is 2.64. The number of hydrogen-bond donors (Lipinski definition) is 1. The van der Waals surface area contributed by atoms with E-state index in [2.05, 4.69) is 14.5 Å². The largest absolute Gasteiger partial charge is 0.389 e. The Bertz CT molecular complexity index is 729. The lowest BCUT2D eigenvalue weighted by molar-refractivity contribution is 0.00669. The van der Waals surface area contributed by atoms with Crippen LogP contribution in [0.15, 0.2) is 30.6 Å². The molecular formula is C19H24FN3O2. The number of aliphatic hydroxyl groups excluding tert-OH is 1. The second-order valence-corrected chi connectivity index (χ2v) is 7.02. The molecule has 1 aliphatic heterocycles. The normalized spacial score (nSPS) is 19.0. The van der Waals surface area contributed by atoms with Crippen molar-refractivity contribution in [1.82, 2.24) is 14.5 Å². The molecule has 1 atom stereocenters. The number of rotatable bonds is 7. The van der Waals surface area contributed by atoms with Crippen molar-refractivity contribution >= 4 is 0 Å². The molecule has 0 spiro atoms. The van der Waals surface area contributed by atoms with Gasteiger partial charge < -0.3 is 14.4 Å². The van der Waals surface area contributed by atoms with Crippen molar-refractivity contribution in [2.75, 3.05) is 19.7 Å². The smallest absolute Gasteiger partial charge is 0.128 e. The molecular weight excluding hydrogens is 321 g/mol. The third-order valence-electron chi connectivity index (χ3n) is 4.96. The molecule has 1 aromatic heterocycles. The van der Waals surface area contributed by atoms with Crippen molar-refractivity contribution in [3.8, 4) is 0 Å². The van der Waals surface area contributed by atoms with Crippen LogP contribution >= 0.6 is 0 Å². The predicted molar refractivity (Wildman–Crippen MR) is 91.5 cm³/mol. The summed E-state index contributed by atoms with van der Waals surface area (Å²) in [5, 5.41) is 10.2. The molecule has 2 heterocycles. The van der Waals surface area contributed by atoms with Crippen LogP contribution in [-0.4, -0.2) is 45.4 Å². The zero-order chi connectivity index (χ0) is 17.2. The number of nitrogens with zero attached hydrogens (tertiary/aromatic N) is 3. The zero-order valence-corrected chi connectivity index (χ0v) is 14.3. The molecule has 1 unspecified atom stereocenters. The molecule has 6 heteroatoms. The number of imidazole rings is 1. The average Bonchev–Trinajstić information content (AvgIpc) is 3.36. The van der Waals surface area contributed by atoms with Crippen molar-refractivity contribution in [2.24, 2.45) is 0 Å². The van der Waals surface area contributed by atoms with E-state index in [1.54, 1.807) is 18.2 Å². The molecule has 5 nitrogen and oxygen atoms in total. The first-order valence-electron chi connectivity index (χ1n) is 8.97. The van der Waals surface area contributed by atoms with Crippen molar-refractivity contribution in [3.63, 3.8) is 0 Å². The van der Waals surface area contributed by atoms with Crippen molar-refractivity contribution in [3.05, 3.63) is 53.4 Å². The van der Waals surface area contributed by atoms with E-state index in [1.165, 1.54) is 24.6 Å². The van der Waals surface area contributed by atoms with Crippen LogP contribution in [0.4, 0.5) is 4.39 Å². The van der Waals surface area contributed by atoms with Gasteiger partial charge in [-0.25, -0.2) is 9.37 Å². The lowest BCUT2D eigenvalue weighted by atomic mass is 10.1. The standard InChI is InChI=1S/C19H24FN3O2/c20-17-4-2-1-3-14(17)11-25-12-16(24)9-22-8-7-19-18(10-22)21-13-23(19)15-5-6-15/h1-4,13,15-16,24H,5-12H2. The number of β-amino-alcohol motifs (C(OH)–C–C–N with tert-alkyl or cyclic N) is 1. The number of aromatic nitrogens is 2. The molecule has 4 rings (SSSR count). The van der Waals surface area contributed by atoms with E-state index in [0.29, 0.717) is 18.2 Å². The van der Waals surface area contributed by atoms with Crippen LogP contribution in [0.3, 0.4) is 0 Å². The number of benzene rings is 1. The molecule has 1 aliphatic carbocycles. The molecule has 0 bridgehead atoms. The van der Waals surface area contributed by atoms with Crippen molar-refractivity contribution < 1.29 is 14.2 Å². The van der Waals surface area contributed by atoms with Crippen LogP contribution in [0.2, 0.25) is 0 Å². The van der Waals surface area contributed by atoms with Gasteiger partial charge in [-0.3, -0.25) is 4.90 Å². The number of fused-ring (bicyclic) bond motifs is 1. The van der Waals surface area contributed by atoms with Gasteiger partial charge in [0.15, 0.2) is 0 Å². The summed E-state index contributed by atoms with van der Waals surface area (Å²) >= 11 is 0. The van der Waals surface area contributed by atoms with Gasteiger partial charge in [-0.15, -0.1) is 0 Å². The quantitative estimate of drug-likeness (QED) is 0.837. The highest BCUT2D eigenvalue weighted by atomic mass is 19.1. The maximum Gasteiger partial charge on any atom is 0.128 e. The molecule has 1 saturated carbocycles. The van der Waals surface area contributed by atoms with Crippen molar-refractivity contribution in [2.45, 2.75) is 44.6 Å². The van der Waals surface area contributed by atoms with Gasteiger partial charge in [0.2, 0.25) is 0 Å². The van der Waals surface area contributed by atoms with E-state index in [1.807, 2.05) is 6.33 Å². The Kier molecular flexibility index (Phi) is 4.83. The predicted octanol–water partition coefficient (Wildman–Crippen LogP) is 2.29. The summed E-state index contributed by atoms with van der Waals surface area (Å²) in [6.07, 6.45) is 4.91. The van der Waals surface area contributed by atoms with Crippen LogP contribution in [0, 0.1) is 5.82 Å². The second kappa shape index (κ2) is 7.23. The minimum absolute atomic E-state index is 0.180. The van der Waals surface area contributed by atoms with Crippen LogP contribution < -0.4 is 0 Å². The fourth-order valence-electron chi connectivity index (χ4n) is 3.48. The highest BCUT2D eigenvalue weighted by Crippen LogP contribution is 2.37. The minimum atomic E-state index is -0.584. The second-order valence-electron chi connectivity index (χ2n) is 7.02. The van der Waals surface area contributed by atoms with E-state index in [4.69, 9.17) is 4.74 Å². The maximum atomic E-state index is 13.5. The third-order valence-corrected chi connectivity index (χ3v) is 4.96. The average molecular weight is 345 g/mol.